The zero-order valence-corrected chi connectivity index (χ0v) is 7.96. The molecule has 0 atom stereocenters. The molecule has 0 heterocycles. The topological polar surface area (TPSA) is 69.6 Å². The summed E-state index contributed by atoms with van der Waals surface area (Å²) in [4.78, 5) is 10.6. The molecule has 0 unspecified atom stereocenters. The van der Waals surface area contributed by atoms with E-state index in [4.69, 9.17) is 10.3 Å². The van der Waals surface area contributed by atoms with Crippen LogP contribution in [0.3, 0.4) is 0 Å². The summed E-state index contributed by atoms with van der Waals surface area (Å²) in [5, 5.41) is 16.7. The van der Waals surface area contributed by atoms with E-state index in [1.807, 2.05) is 0 Å². The van der Waals surface area contributed by atoms with Gasteiger partial charge in [0.15, 0.2) is 0 Å². The minimum atomic E-state index is -0.310. The van der Waals surface area contributed by atoms with Crippen molar-refractivity contribution in [1.29, 1.82) is 0 Å². The Morgan fingerprint density at radius 1 is 1.00 bits per heavy atom. The lowest BCUT2D eigenvalue weighted by Gasteiger charge is -1.99. The van der Waals surface area contributed by atoms with Crippen molar-refractivity contribution in [1.82, 2.24) is 5.48 Å². The maximum absolute atomic E-state index is 10.6. The molecule has 0 aromatic rings. The molecular formula is C9H19NO3. The number of unbranched alkanes of at least 4 members (excludes halogenated alkanes) is 5. The minimum Gasteiger partial charge on any atom is -0.396 e. The largest absolute Gasteiger partial charge is 0.396 e. The van der Waals surface area contributed by atoms with Crippen LogP contribution in [0, 0.1) is 0 Å². The average molecular weight is 189 g/mol. The fourth-order valence-corrected chi connectivity index (χ4v) is 1.16. The first-order chi connectivity index (χ1) is 6.31. The highest BCUT2D eigenvalue weighted by Crippen LogP contribution is 2.06. The van der Waals surface area contributed by atoms with Crippen LogP contribution in [0.5, 0.6) is 0 Å². The van der Waals surface area contributed by atoms with Crippen molar-refractivity contribution in [2.24, 2.45) is 0 Å². The Labute approximate surface area is 78.9 Å². The Bertz CT molecular complexity index is 128. The van der Waals surface area contributed by atoms with Crippen molar-refractivity contribution in [3.05, 3.63) is 0 Å². The van der Waals surface area contributed by atoms with Gasteiger partial charge < -0.3 is 5.11 Å². The van der Waals surface area contributed by atoms with Crippen molar-refractivity contribution in [3.8, 4) is 0 Å². The minimum absolute atomic E-state index is 0.271. The van der Waals surface area contributed by atoms with E-state index in [0.29, 0.717) is 6.42 Å². The second-order valence-electron chi connectivity index (χ2n) is 3.13. The number of rotatable bonds is 8. The molecule has 0 rings (SSSR count). The number of hydrogen-bond donors (Lipinski definition) is 3. The Balaban J connectivity index is 2.95. The average Bonchev–Trinajstić information content (AvgIpc) is 2.16. The molecule has 0 spiro atoms. The van der Waals surface area contributed by atoms with Crippen LogP contribution in [0.4, 0.5) is 0 Å². The summed E-state index contributed by atoms with van der Waals surface area (Å²) >= 11 is 0. The molecular weight excluding hydrogens is 170 g/mol. The second kappa shape index (κ2) is 9.48. The molecule has 4 nitrogen and oxygen atoms in total. The predicted octanol–water partition coefficient (Wildman–Crippen LogP) is 1.21. The highest BCUT2D eigenvalue weighted by atomic mass is 16.5. The van der Waals surface area contributed by atoms with Crippen LogP contribution in [0.15, 0.2) is 0 Å². The van der Waals surface area contributed by atoms with Gasteiger partial charge in [0, 0.05) is 13.0 Å². The lowest BCUT2D eigenvalue weighted by molar-refractivity contribution is -0.129. The fraction of sp³-hybridized carbons (Fsp3) is 0.889. The van der Waals surface area contributed by atoms with E-state index in [2.05, 4.69) is 0 Å². The Morgan fingerprint density at radius 3 is 2.08 bits per heavy atom. The highest BCUT2D eigenvalue weighted by molar-refractivity contribution is 5.74. The molecule has 78 valence electrons. The van der Waals surface area contributed by atoms with Gasteiger partial charge in [-0.25, -0.2) is 5.48 Å². The highest BCUT2D eigenvalue weighted by Gasteiger charge is 1.97. The summed E-state index contributed by atoms with van der Waals surface area (Å²) in [6.45, 7) is 0.271. The van der Waals surface area contributed by atoms with Crippen LogP contribution in [-0.2, 0) is 4.79 Å². The van der Waals surface area contributed by atoms with Crippen molar-refractivity contribution in [3.63, 3.8) is 0 Å². The van der Waals surface area contributed by atoms with E-state index in [9.17, 15) is 4.79 Å². The van der Waals surface area contributed by atoms with Crippen molar-refractivity contribution in [2.75, 3.05) is 6.61 Å². The number of carbonyl (C=O) groups is 1. The van der Waals surface area contributed by atoms with Gasteiger partial charge in [0.1, 0.15) is 0 Å². The van der Waals surface area contributed by atoms with Gasteiger partial charge in [-0.2, -0.15) is 0 Å². The molecule has 1 amide bonds. The van der Waals surface area contributed by atoms with Gasteiger partial charge in [-0.05, 0) is 12.8 Å². The molecule has 0 saturated carbocycles. The van der Waals surface area contributed by atoms with E-state index >= 15 is 0 Å². The van der Waals surface area contributed by atoms with Gasteiger partial charge in [-0.1, -0.05) is 25.7 Å². The fourth-order valence-electron chi connectivity index (χ4n) is 1.16. The van der Waals surface area contributed by atoms with E-state index in [1.165, 1.54) is 0 Å². The summed E-state index contributed by atoms with van der Waals surface area (Å²) in [5.41, 5.74) is 1.60. The Morgan fingerprint density at radius 2 is 1.54 bits per heavy atom. The van der Waals surface area contributed by atoms with Crippen LogP contribution in [-0.4, -0.2) is 22.8 Å². The maximum atomic E-state index is 10.6. The van der Waals surface area contributed by atoms with Crippen molar-refractivity contribution >= 4 is 5.91 Å². The summed E-state index contributed by atoms with van der Waals surface area (Å²) < 4.78 is 0. The third-order valence-electron chi connectivity index (χ3n) is 1.94. The number of hydroxylamine groups is 1. The number of aliphatic hydroxyl groups excluding tert-OH is 1. The van der Waals surface area contributed by atoms with Gasteiger partial charge >= 0.3 is 0 Å². The molecule has 0 saturated heterocycles. The third kappa shape index (κ3) is 9.30. The van der Waals surface area contributed by atoms with Crippen LogP contribution in [0.1, 0.15) is 44.9 Å². The number of aliphatic hydroxyl groups is 1. The van der Waals surface area contributed by atoms with Crippen LogP contribution in [0.25, 0.3) is 0 Å². The van der Waals surface area contributed by atoms with Gasteiger partial charge in [0.05, 0.1) is 0 Å². The molecule has 0 aliphatic heterocycles. The summed E-state index contributed by atoms with van der Waals surface area (Å²) in [6, 6.07) is 0. The number of nitrogens with one attached hydrogen (secondary N) is 1. The molecule has 3 N–H and O–H groups in total. The number of hydrogen-bond acceptors (Lipinski definition) is 3. The SMILES string of the molecule is O=C(CCCCCCCCO)NO. The zero-order valence-electron chi connectivity index (χ0n) is 7.96. The van der Waals surface area contributed by atoms with E-state index in [0.717, 1.165) is 38.5 Å². The molecule has 0 bridgehead atoms. The Kier molecular flexibility index (Phi) is 9.03. The summed E-state index contributed by atoms with van der Waals surface area (Å²) in [5.74, 6) is -0.310. The first-order valence-corrected chi connectivity index (χ1v) is 4.85. The molecule has 0 radical (unpaired) electrons. The van der Waals surface area contributed by atoms with E-state index in [1.54, 1.807) is 5.48 Å². The first kappa shape index (κ1) is 12.4. The third-order valence-corrected chi connectivity index (χ3v) is 1.94. The molecule has 4 heteroatoms. The molecule has 0 aliphatic rings. The number of carbonyl (C=O) groups excluding carboxylic acids is 1. The summed E-state index contributed by atoms with van der Waals surface area (Å²) in [6.07, 6.45) is 6.38. The maximum Gasteiger partial charge on any atom is 0.243 e. The zero-order chi connectivity index (χ0) is 9.94. The lowest BCUT2D eigenvalue weighted by Crippen LogP contribution is -2.17. The van der Waals surface area contributed by atoms with Crippen LogP contribution in [0.2, 0.25) is 0 Å². The lowest BCUT2D eigenvalue weighted by atomic mass is 10.1. The second-order valence-corrected chi connectivity index (χ2v) is 3.13. The Hall–Kier alpha value is -0.610. The normalized spacial score (nSPS) is 10.0. The van der Waals surface area contributed by atoms with Gasteiger partial charge in [0.2, 0.25) is 5.91 Å². The summed E-state index contributed by atoms with van der Waals surface area (Å²) in [7, 11) is 0. The van der Waals surface area contributed by atoms with E-state index < -0.39 is 0 Å². The molecule has 0 aromatic carbocycles. The predicted molar refractivity (Wildman–Crippen MR) is 49.3 cm³/mol. The van der Waals surface area contributed by atoms with Crippen molar-refractivity contribution in [2.45, 2.75) is 44.9 Å². The molecule has 13 heavy (non-hydrogen) atoms. The van der Waals surface area contributed by atoms with Gasteiger partial charge in [-0.15, -0.1) is 0 Å². The molecule has 0 fully saturated rings. The van der Waals surface area contributed by atoms with Crippen LogP contribution >= 0.6 is 0 Å². The monoisotopic (exact) mass is 189 g/mol. The number of amides is 1. The van der Waals surface area contributed by atoms with Gasteiger partial charge in [-0.3, -0.25) is 10.0 Å². The van der Waals surface area contributed by atoms with E-state index in [-0.39, 0.29) is 12.5 Å². The van der Waals surface area contributed by atoms with Crippen LogP contribution < -0.4 is 5.48 Å². The smallest absolute Gasteiger partial charge is 0.243 e. The standard InChI is InChI=1S/C9H19NO3/c11-8-6-4-2-1-3-5-7-9(12)10-13/h11,13H,1-8H2,(H,10,12). The van der Waals surface area contributed by atoms with Crippen molar-refractivity contribution < 1.29 is 15.1 Å². The quantitative estimate of drug-likeness (QED) is 0.305. The molecule has 0 aliphatic carbocycles. The molecule has 0 aromatic heterocycles. The first-order valence-electron chi connectivity index (χ1n) is 4.85. The van der Waals surface area contributed by atoms with Gasteiger partial charge in [0.25, 0.3) is 0 Å².